The zero-order valence-corrected chi connectivity index (χ0v) is 16.9. The topological polar surface area (TPSA) is 114 Å². The number of carbonyl (C=O) groups is 1. The van der Waals surface area contributed by atoms with Crippen molar-refractivity contribution >= 4 is 27.5 Å². The van der Waals surface area contributed by atoms with Gasteiger partial charge in [-0.1, -0.05) is 30.3 Å². The van der Waals surface area contributed by atoms with Gasteiger partial charge in [0.05, 0.1) is 23.4 Å². The summed E-state index contributed by atoms with van der Waals surface area (Å²) in [5, 5.41) is 5.05. The van der Waals surface area contributed by atoms with E-state index in [1.54, 1.807) is 12.1 Å². The summed E-state index contributed by atoms with van der Waals surface area (Å²) in [6.45, 7) is 0.00394. The van der Waals surface area contributed by atoms with Crippen molar-refractivity contribution in [1.82, 2.24) is 10.3 Å². The number of carbonyl (C=O) groups excluding carboxylic acids is 1. The van der Waals surface area contributed by atoms with E-state index in [4.69, 9.17) is 4.42 Å². The van der Waals surface area contributed by atoms with Crippen molar-refractivity contribution in [1.29, 1.82) is 0 Å². The summed E-state index contributed by atoms with van der Waals surface area (Å²) >= 11 is 0. The van der Waals surface area contributed by atoms with Gasteiger partial charge in [-0.3, -0.25) is 4.79 Å². The summed E-state index contributed by atoms with van der Waals surface area (Å²) in [7, 11) is -4.52. The molecule has 0 saturated carbocycles. The first-order valence-corrected chi connectivity index (χ1v) is 10.6. The average Bonchev–Trinajstić information content (AvgIpc) is 3.27. The zero-order chi connectivity index (χ0) is 22.9. The predicted molar refractivity (Wildman–Crippen MR) is 107 cm³/mol. The molecule has 2 heterocycles. The summed E-state index contributed by atoms with van der Waals surface area (Å²) in [6.07, 6.45) is -1.88. The number of anilines is 1. The highest BCUT2D eigenvalue weighted by molar-refractivity contribution is 7.90. The maximum absolute atomic E-state index is 12.9. The van der Waals surface area contributed by atoms with Crippen LogP contribution in [0.2, 0.25) is 0 Å². The van der Waals surface area contributed by atoms with Crippen molar-refractivity contribution in [3.63, 3.8) is 0 Å². The maximum Gasteiger partial charge on any atom is 0.416 e. The number of sulfonamides is 1. The summed E-state index contributed by atoms with van der Waals surface area (Å²) in [6, 6.07) is 11.2. The largest absolute Gasteiger partial charge is 0.448 e. The van der Waals surface area contributed by atoms with Crippen LogP contribution in [0.1, 0.15) is 22.9 Å². The van der Waals surface area contributed by atoms with Crippen LogP contribution >= 0.6 is 0 Å². The molecule has 0 saturated heterocycles. The number of oxazole rings is 1. The Hall–Kier alpha value is -3.67. The summed E-state index contributed by atoms with van der Waals surface area (Å²) in [5.74, 6) is -1.53. The van der Waals surface area contributed by atoms with Gasteiger partial charge in [-0.05, 0) is 23.8 Å². The number of rotatable bonds is 5. The number of amides is 1. The fraction of sp³-hybridized carbons (Fsp3) is 0.150. The van der Waals surface area contributed by atoms with Gasteiger partial charge in [0, 0.05) is 6.54 Å². The fourth-order valence-corrected chi connectivity index (χ4v) is 4.29. The Morgan fingerprint density at radius 2 is 1.91 bits per heavy atom. The third-order valence-corrected chi connectivity index (χ3v) is 6.00. The van der Waals surface area contributed by atoms with Crippen LogP contribution < -0.4 is 10.6 Å². The van der Waals surface area contributed by atoms with Gasteiger partial charge in [-0.2, -0.15) is 21.6 Å². The highest BCUT2D eigenvalue weighted by Gasteiger charge is 2.35. The number of hydrogen-bond donors (Lipinski definition) is 2. The second kappa shape index (κ2) is 8.11. The number of aromatic nitrogens is 1. The van der Waals surface area contributed by atoms with Gasteiger partial charge in [-0.25, -0.2) is 4.98 Å². The average molecular weight is 464 g/mol. The molecule has 0 spiro atoms. The highest BCUT2D eigenvalue weighted by atomic mass is 32.2. The highest BCUT2D eigenvalue weighted by Crippen LogP contribution is 2.35. The minimum absolute atomic E-state index is 0.00394. The molecule has 32 heavy (non-hydrogen) atoms. The molecule has 1 unspecified atom stereocenters. The van der Waals surface area contributed by atoms with E-state index in [0.29, 0.717) is 12.0 Å². The molecule has 1 aromatic heterocycles. The lowest BCUT2D eigenvalue weighted by Crippen LogP contribution is -2.40. The van der Waals surface area contributed by atoms with Crippen molar-refractivity contribution in [2.24, 2.45) is 4.40 Å². The van der Waals surface area contributed by atoms with Crippen LogP contribution in [0.4, 0.5) is 18.9 Å². The number of halogens is 3. The monoisotopic (exact) mass is 464 g/mol. The van der Waals surface area contributed by atoms with Crippen molar-refractivity contribution in [3.8, 4) is 0 Å². The predicted octanol–water partition coefficient (Wildman–Crippen LogP) is 3.15. The normalized spacial score (nSPS) is 15.8. The van der Waals surface area contributed by atoms with Gasteiger partial charge in [0.15, 0.2) is 0 Å². The Morgan fingerprint density at radius 3 is 2.56 bits per heavy atom. The lowest BCUT2D eigenvalue weighted by atomic mass is 9.99. The molecule has 0 aliphatic carbocycles. The third kappa shape index (κ3) is 4.35. The Labute approximate surface area is 180 Å². The van der Waals surface area contributed by atoms with Crippen LogP contribution in [0.3, 0.4) is 0 Å². The van der Waals surface area contributed by atoms with Crippen LogP contribution in [0.25, 0.3) is 0 Å². The summed E-state index contributed by atoms with van der Waals surface area (Å²) in [4.78, 5) is 16.1. The molecule has 12 heteroatoms. The van der Waals surface area contributed by atoms with E-state index < -0.39 is 44.3 Å². The van der Waals surface area contributed by atoms with Crippen molar-refractivity contribution < 1.29 is 30.8 Å². The Kier molecular flexibility index (Phi) is 5.46. The first kappa shape index (κ1) is 21.6. The molecule has 0 radical (unpaired) electrons. The number of hydrogen-bond acceptors (Lipinski definition) is 6. The minimum atomic E-state index is -4.72. The Morgan fingerprint density at radius 1 is 1.16 bits per heavy atom. The molecule has 1 atom stereocenters. The molecule has 8 nitrogen and oxygen atoms in total. The lowest BCUT2D eigenvalue weighted by molar-refractivity contribution is -0.137. The van der Waals surface area contributed by atoms with E-state index in [9.17, 15) is 26.4 Å². The Bertz CT molecular complexity index is 1270. The lowest BCUT2D eigenvalue weighted by Gasteiger charge is -2.20. The molecule has 1 aliphatic rings. The van der Waals surface area contributed by atoms with Gasteiger partial charge >= 0.3 is 6.18 Å². The SMILES string of the molecule is O=C(NCC(c1ccccc1)c1ncco1)C1=NS(=O)(=O)c2cc(C(F)(F)F)ccc2N1. The number of fused-ring (bicyclic) bond motifs is 1. The second-order valence-electron chi connectivity index (χ2n) is 6.79. The van der Waals surface area contributed by atoms with E-state index >= 15 is 0 Å². The number of nitrogens with one attached hydrogen (secondary N) is 2. The van der Waals surface area contributed by atoms with E-state index in [1.165, 1.54) is 12.5 Å². The molecule has 2 aromatic carbocycles. The first-order valence-electron chi connectivity index (χ1n) is 9.21. The van der Waals surface area contributed by atoms with Gasteiger partial charge in [0.25, 0.3) is 15.9 Å². The first-order chi connectivity index (χ1) is 15.1. The molecule has 166 valence electrons. The number of benzene rings is 2. The summed E-state index contributed by atoms with van der Waals surface area (Å²) < 4.78 is 72.3. The molecule has 0 bridgehead atoms. The summed E-state index contributed by atoms with van der Waals surface area (Å²) in [5.41, 5.74) is -0.515. The zero-order valence-electron chi connectivity index (χ0n) is 16.1. The Balaban J connectivity index is 1.55. The van der Waals surface area contributed by atoms with Crippen LogP contribution in [-0.4, -0.2) is 31.7 Å². The molecule has 0 fully saturated rings. The minimum Gasteiger partial charge on any atom is -0.448 e. The van der Waals surface area contributed by atoms with Crippen LogP contribution in [0, 0.1) is 0 Å². The molecular weight excluding hydrogens is 449 g/mol. The van der Waals surface area contributed by atoms with E-state index in [2.05, 4.69) is 20.0 Å². The third-order valence-electron chi connectivity index (χ3n) is 4.68. The van der Waals surface area contributed by atoms with Crippen molar-refractivity contribution in [2.75, 3.05) is 11.9 Å². The van der Waals surface area contributed by atoms with Gasteiger partial charge < -0.3 is 15.1 Å². The van der Waals surface area contributed by atoms with E-state index in [-0.39, 0.29) is 12.2 Å². The molecular formula is C20H15F3N4O4S. The quantitative estimate of drug-likeness (QED) is 0.600. The van der Waals surface area contributed by atoms with Gasteiger partial charge in [-0.15, -0.1) is 4.40 Å². The van der Waals surface area contributed by atoms with Crippen LogP contribution in [0.15, 0.2) is 74.7 Å². The van der Waals surface area contributed by atoms with Crippen molar-refractivity contribution in [2.45, 2.75) is 17.0 Å². The molecule has 3 aromatic rings. The number of amidine groups is 1. The maximum atomic E-state index is 12.9. The van der Waals surface area contributed by atoms with Gasteiger partial charge in [0.2, 0.25) is 11.7 Å². The standard InChI is InChI=1S/C20H15F3N4O4S/c21-20(22,23)13-6-7-15-16(10-13)32(29,30)27-17(26-15)18(28)25-11-14(19-24-8-9-31-19)12-4-2-1-3-5-12/h1-10,14H,11H2,(H,25,28)(H,26,27). The van der Waals surface area contributed by atoms with Crippen molar-refractivity contribution in [3.05, 3.63) is 78.0 Å². The number of nitrogens with zero attached hydrogens (tertiary/aromatic N) is 2. The van der Waals surface area contributed by atoms with Crippen LogP contribution in [0.5, 0.6) is 0 Å². The molecule has 4 rings (SSSR count). The van der Waals surface area contributed by atoms with Crippen LogP contribution in [-0.2, 0) is 21.0 Å². The fourth-order valence-electron chi connectivity index (χ4n) is 3.15. The second-order valence-corrected chi connectivity index (χ2v) is 8.36. The molecule has 1 amide bonds. The van der Waals surface area contributed by atoms with Gasteiger partial charge in [0.1, 0.15) is 11.2 Å². The number of alkyl halides is 3. The molecule has 2 N–H and O–H groups in total. The molecule has 1 aliphatic heterocycles. The van der Waals surface area contributed by atoms with E-state index in [1.807, 2.05) is 18.2 Å². The smallest absolute Gasteiger partial charge is 0.416 e. The van der Waals surface area contributed by atoms with E-state index in [0.717, 1.165) is 17.7 Å².